The fourth-order valence-electron chi connectivity index (χ4n) is 5.45. The number of rotatable bonds is 2. The lowest BCUT2D eigenvalue weighted by atomic mass is 9.85. The van der Waals surface area contributed by atoms with Crippen molar-refractivity contribution >= 4 is 29.3 Å². The van der Waals surface area contributed by atoms with Gasteiger partial charge < -0.3 is 24.2 Å². The van der Waals surface area contributed by atoms with Gasteiger partial charge in [-0.3, -0.25) is 10.1 Å². The fraction of sp³-hybridized carbons (Fsp3) is 0.571. The summed E-state index contributed by atoms with van der Waals surface area (Å²) >= 11 is 6.58. The molecule has 202 valence electrons. The van der Waals surface area contributed by atoms with Gasteiger partial charge in [-0.05, 0) is 43.9 Å². The van der Waals surface area contributed by atoms with Crippen molar-refractivity contribution in [1.82, 2.24) is 5.32 Å². The summed E-state index contributed by atoms with van der Waals surface area (Å²) in [5.41, 5.74) is 1.83. The number of hydrogen-bond donors (Lipinski definition) is 2. The number of nitrogens with zero attached hydrogens (tertiary/aromatic N) is 1. The Bertz CT molecular complexity index is 1120. The van der Waals surface area contributed by atoms with Gasteiger partial charge in [-0.1, -0.05) is 48.4 Å². The molecule has 0 aromatic heterocycles. The maximum absolute atomic E-state index is 13.2. The number of hydrogen-bond acceptors (Lipinski definition) is 6. The van der Waals surface area contributed by atoms with Gasteiger partial charge >= 0.3 is 6.09 Å². The highest BCUT2D eigenvalue weighted by molar-refractivity contribution is 6.34. The zero-order valence-corrected chi connectivity index (χ0v) is 22.9. The minimum Gasteiger partial charge on any atom is -0.446 e. The number of epoxide rings is 1. The van der Waals surface area contributed by atoms with Gasteiger partial charge in [0.25, 0.3) is 0 Å². The Morgan fingerprint density at radius 1 is 1.32 bits per heavy atom. The molecule has 8 nitrogen and oxygen atoms in total. The van der Waals surface area contributed by atoms with Crippen molar-refractivity contribution in [2.45, 2.75) is 83.0 Å². The van der Waals surface area contributed by atoms with E-state index in [0.717, 1.165) is 11.1 Å². The zero-order chi connectivity index (χ0) is 27.0. The first-order valence-electron chi connectivity index (χ1n) is 12.7. The molecule has 3 aliphatic rings. The first kappa shape index (κ1) is 27.6. The van der Waals surface area contributed by atoms with E-state index in [0.29, 0.717) is 42.0 Å². The van der Waals surface area contributed by atoms with Crippen LogP contribution in [0.15, 0.2) is 35.9 Å². The second-order valence-electron chi connectivity index (χ2n) is 10.7. The first-order chi connectivity index (χ1) is 17.5. The fourth-order valence-corrected chi connectivity index (χ4v) is 5.75. The number of anilines is 1. The Morgan fingerprint density at radius 3 is 2.78 bits per heavy atom. The molecule has 37 heavy (non-hydrogen) atoms. The van der Waals surface area contributed by atoms with Gasteiger partial charge in [0.05, 0.1) is 29.0 Å². The minimum absolute atomic E-state index is 0.0788. The number of halogens is 1. The van der Waals surface area contributed by atoms with Crippen LogP contribution >= 0.6 is 11.6 Å². The van der Waals surface area contributed by atoms with E-state index < -0.39 is 17.4 Å². The Balaban J connectivity index is 1.68. The molecular formula is C28H37ClN2O6. The van der Waals surface area contributed by atoms with Gasteiger partial charge in [0.1, 0.15) is 11.8 Å². The SMILES string of the molecule is CO[C@]12C/C=C/C=C(\C)Cc3cc(CO)c(Cl)c(c3)N(C)C(=O)CC[C@]3(C)O[C@H]3[C@H](C)[C@H](C1)OC(=O)N2. The molecule has 1 aromatic rings. The number of allylic oxidation sites excluding steroid dienone is 3. The number of alkyl carbamates (subject to hydrolysis) is 1. The van der Waals surface area contributed by atoms with Gasteiger partial charge in [-0.15, -0.1) is 0 Å². The number of carbonyl (C=O) groups excluding carboxylic acids is 2. The molecule has 4 bridgehead atoms. The molecule has 3 heterocycles. The third-order valence-electron chi connectivity index (χ3n) is 7.89. The molecular weight excluding hydrogens is 496 g/mol. The Kier molecular flexibility index (Phi) is 8.04. The van der Waals surface area contributed by atoms with Gasteiger partial charge in [0.15, 0.2) is 0 Å². The number of amides is 2. The highest BCUT2D eigenvalue weighted by Crippen LogP contribution is 2.47. The van der Waals surface area contributed by atoms with Gasteiger partial charge in [0, 0.05) is 39.3 Å². The summed E-state index contributed by atoms with van der Waals surface area (Å²) < 4.78 is 17.6. The van der Waals surface area contributed by atoms with E-state index in [9.17, 15) is 14.7 Å². The van der Waals surface area contributed by atoms with Gasteiger partial charge in [-0.2, -0.15) is 0 Å². The molecule has 1 aromatic carbocycles. The van der Waals surface area contributed by atoms with Crippen LogP contribution in [0.3, 0.4) is 0 Å². The largest absolute Gasteiger partial charge is 0.446 e. The molecule has 2 fully saturated rings. The van der Waals surface area contributed by atoms with E-state index in [1.165, 1.54) is 0 Å². The number of nitrogens with one attached hydrogen (secondary N) is 1. The molecule has 5 atom stereocenters. The van der Waals surface area contributed by atoms with Gasteiger partial charge in [-0.25, -0.2) is 4.79 Å². The number of methoxy groups -OCH3 is 1. The Morgan fingerprint density at radius 2 is 2.08 bits per heavy atom. The van der Waals surface area contributed by atoms with Crippen LogP contribution < -0.4 is 10.2 Å². The topological polar surface area (TPSA) is 101 Å². The predicted octanol–water partition coefficient (Wildman–Crippen LogP) is 4.66. The highest BCUT2D eigenvalue weighted by atomic mass is 35.5. The van der Waals surface area contributed by atoms with Crippen molar-refractivity contribution in [2.75, 3.05) is 19.1 Å². The lowest BCUT2D eigenvalue weighted by molar-refractivity contribution is -0.118. The molecule has 0 spiro atoms. The van der Waals surface area contributed by atoms with Crippen LogP contribution in [0, 0.1) is 5.92 Å². The van der Waals surface area contributed by atoms with E-state index in [-0.39, 0.29) is 37.1 Å². The number of carbonyl (C=O) groups is 2. The second kappa shape index (κ2) is 10.8. The summed E-state index contributed by atoms with van der Waals surface area (Å²) in [4.78, 5) is 27.2. The van der Waals surface area contributed by atoms with Crippen molar-refractivity contribution in [2.24, 2.45) is 5.92 Å². The second-order valence-corrected chi connectivity index (χ2v) is 11.1. The van der Waals surface area contributed by atoms with E-state index in [1.54, 1.807) is 19.1 Å². The quantitative estimate of drug-likeness (QED) is 0.537. The lowest BCUT2D eigenvalue weighted by Crippen LogP contribution is -2.58. The first-order valence-corrected chi connectivity index (χ1v) is 13.1. The molecule has 0 saturated carbocycles. The van der Waals surface area contributed by atoms with Crippen LogP contribution in [0.25, 0.3) is 0 Å². The molecule has 0 aliphatic carbocycles. The Hall–Kier alpha value is -2.39. The number of benzene rings is 1. The molecule has 3 aliphatic heterocycles. The monoisotopic (exact) mass is 532 g/mol. The smallest absolute Gasteiger partial charge is 0.409 e. The average molecular weight is 533 g/mol. The molecule has 0 radical (unpaired) electrons. The number of fused-ring (bicyclic) bond motifs is 5. The van der Waals surface area contributed by atoms with Crippen molar-refractivity contribution in [3.05, 3.63) is 52.1 Å². The van der Waals surface area contributed by atoms with Crippen LogP contribution in [0.1, 0.15) is 57.6 Å². The Labute approximate surface area is 223 Å². The van der Waals surface area contributed by atoms with Crippen LogP contribution in [0.5, 0.6) is 0 Å². The van der Waals surface area contributed by atoms with Crippen LogP contribution in [0.2, 0.25) is 5.02 Å². The van der Waals surface area contributed by atoms with Crippen molar-refractivity contribution in [3.8, 4) is 0 Å². The molecule has 2 N–H and O–H groups in total. The summed E-state index contributed by atoms with van der Waals surface area (Å²) in [6.45, 7) is 5.80. The summed E-state index contributed by atoms with van der Waals surface area (Å²) in [7, 11) is 3.30. The third kappa shape index (κ3) is 5.87. The number of ether oxygens (including phenoxy) is 3. The van der Waals surface area contributed by atoms with Gasteiger partial charge in [0.2, 0.25) is 5.91 Å². The maximum atomic E-state index is 13.2. The minimum atomic E-state index is -0.875. The molecule has 9 heteroatoms. The highest BCUT2D eigenvalue weighted by Gasteiger charge is 2.58. The molecule has 2 saturated heterocycles. The van der Waals surface area contributed by atoms with E-state index >= 15 is 0 Å². The summed E-state index contributed by atoms with van der Waals surface area (Å²) in [6.07, 6.45) is 7.26. The standard InChI is InChI=1S/C28H37ClN2O6/c1-17-8-6-7-10-28(35-5)15-22(36-26(34)30-28)18(2)25-27(3,37-25)11-9-23(33)31(4)21-14-19(12-17)13-20(16-32)24(21)29/h6-8,13-14,18,22,25,32H,9-12,15-16H2,1-5H3,(H,30,34)/b7-6+,17-8+/t18-,22+,25+,27+,28-/m1/s1. The van der Waals surface area contributed by atoms with Crippen LogP contribution in [0.4, 0.5) is 10.5 Å². The average Bonchev–Trinajstić information content (AvgIpc) is 3.55. The van der Waals surface area contributed by atoms with Crippen molar-refractivity contribution in [1.29, 1.82) is 0 Å². The number of aliphatic hydroxyl groups excluding tert-OH is 1. The summed E-state index contributed by atoms with van der Waals surface area (Å²) in [6, 6.07) is 3.78. The molecule has 0 unspecified atom stereocenters. The van der Waals surface area contributed by atoms with E-state index in [2.05, 4.69) is 5.32 Å². The number of aliphatic hydroxyl groups is 1. The molecule has 2 amide bonds. The van der Waals surface area contributed by atoms with Crippen LogP contribution in [-0.2, 0) is 32.0 Å². The normalized spacial score (nSPS) is 35.1. The lowest BCUT2D eigenvalue weighted by Gasteiger charge is -2.41. The zero-order valence-electron chi connectivity index (χ0n) is 22.2. The van der Waals surface area contributed by atoms with Crippen LogP contribution in [-0.4, -0.2) is 54.8 Å². The molecule has 4 rings (SSSR count). The maximum Gasteiger partial charge on any atom is 0.409 e. The van der Waals surface area contributed by atoms with Crippen molar-refractivity contribution in [3.63, 3.8) is 0 Å². The van der Waals surface area contributed by atoms with E-state index in [4.69, 9.17) is 25.8 Å². The third-order valence-corrected chi connectivity index (χ3v) is 8.33. The van der Waals surface area contributed by atoms with E-state index in [1.807, 2.05) is 51.1 Å². The summed E-state index contributed by atoms with van der Waals surface area (Å²) in [5.74, 6) is -0.171. The predicted molar refractivity (Wildman–Crippen MR) is 141 cm³/mol. The van der Waals surface area contributed by atoms with Crippen molar-refractivity contribution < 1.29 is 28.9 Å². The summed E-state index contributed by atoms with van der Waals surface area (Å²) in [5, 5.41) is 13.1.